The first-order chi connectivity index (χ1) is 11.6. The number of piperidine rings is 1. The predicted molar refractivity (Wildman–Crippen MR) is 96.3 cm³/mol. The summed E-state index contributed by atoms with van der Waals surface area (Å²) in [6.45, 7) is 1.77. The van der Waals surface area contributed by atoms with Gasteiger partial charge in [-0.25, -0.2) is 9.97 Å². The van der Waals surface area contributed by atoms with Crippen LogP contribution in [0.2, 0.25) is 0 Å². The third kappa shape index (κ3) is 3.97. The Labute approximate surface area is 144 Å². The van der Waals surface area contributed by atoms with E-state index < -0.39 is 0 Å². The number of hydrogen-bond donors (Lipinski definition) is 1. The van der Waals surface area contributed by atoms with Gasteiger partial charge in [0.1, 0.15) is 6.33 Å². The van der Waals surface area contributed by atoms with Gasteiger partial charge in [0.25, 0.3) is 0 Å². The minimum absolute atomic E-state index is 0.149. The lowest BCUT2D eigenvalue weighted by Crippen LogP contribution is -2.44. The minimum Gasteiger partial charge on any atom is -0.367 e. The molecule has 1 aliphatic carbocycles. The molecule has 6 heteroatoms. The quantitative estimate of drug-likeness (QED) is 0.916. The average molecular weight is 331 g/mol. The van der Waals surface area contributed by atoms with Gasteiger partial charge in [0, 0.05) is 39.1 Å². The van der Waals surface area contributed by atoms with E-state index in [0.29, 0.717) is 6.04 Å². The first kappa shape index (κ1) is 17.0. The van der Waals surface area contributed by atoms with Gasteiger partial charge in [-0.3, -0.25) is 4.79 Å². The summed E-state index contributed by atoms with van der Waals surface area (Å²) in [7, 11) is 3.99. The normalized spacial score (nSPS) is 20.0. The SMILES string of the molecule is CN(C)c1ncncc1N1CCC(C(=O)NC2CCCCC2)CC1. The molecular weight excluding hydrogens is 302 g/mol. The molecule has 2 heterocycles. The Bertz CT molecular complexity index is 548. The highest BCUT2D eigenvalue weighted by Gasteiger charge is 2.28. The smallest absolute Gasteiger partial charge is 0.223 e. The molecule has 3 rings (SSSR count). The topological polar surface area (TPSA) is 61.4 Å². The lowest BCUT2D eigenvalue weighted by atomic mass is 9.92. The van der Waals surface area contributed by atoms with Crippen LogP contribution in [0.25, 0.3) is 0 Å². The van der Waals surface area contributed by atoms with Gasteiger partial charge in [-0.05, 0) is 25.7 Å². The fraction of sp³-hybridized carbons (Fsp3) is 0.722. The number of anilines is 2. The van der Waals surface area contributed by atoms with Crippen molar-refractivity contribution >= 4 is 17.4 Å². The van der Waals surface area contributed by atoms with Gasteiger partial charge in [-0.2, -0.15) is 0 Å². The fourth-order valence-electron chi connectivity index (χ4n) is 3.83. The molecular formula is C18H29N5O. The second kappa shape index (κ2) is 7.81. The number of aromatic nitrogens is 2. The van der Waals surface area contributed by atoms with Crippen LogP contribution >= 0.6 is 0 Å². The zero-order chi connectivity index (χ0) is 16.9. The first-order valence-corrected chi connectivity index (χ1v) is 9.18. The minimum atomic E-state index is 0.149. The van der Waals surface area contributed by atoms with Crippen LogP contribution in [0, 0.1) is 5.92 Å². The van der Waals surface area contributed by atoms with Crippen molar-refractivity contribution in [2.24, 2.45) is 5.92 Å². The van der Waals surface area contributed by atoms with E-state index in [9.17, 15) is 4.79 Å². The first-order valence-electron chi connectivity index (χ1n) is 9.18. The zero-order valence-electron chi connectivity index (χ0n) is 14.9. The second-order valence-corrected chi connectivity index (χ2v) is 7.23. The number of rotatable bonds is 4. The number of hydrogen-bond acceptors (Lipinski definition) is 5. The maximum atomic E-state index is 12.5. The lowest BCUT2D eigenvalue weighted by molar-refractivity contribution is -0.126. The largest absolute Gasteiger partial charge is 0.367 e. The van der Waals surface area contributed by atoms with Gasteiger partial charge in [0.2, 0.25) is 5.91 Å². The zero-order valence-corrected chi connectivity index (χ0v) is 14.9. The van der Waals surface area contributed by atoms with E-state index in [0.717, 1.165) is 50.3 Å². The van der Waals surface area contributed by atoms with Gasteiger partial charge in [-0.1, -0.05) is 19.3 Å². The molecule has 6 nitrogen and oxygen atoms in total. The summed E-state index contributed by atoms with van der Waals surface area (Å²) >= 11 is 0. The van der Waals surface area contributed by atoms with Crippen LogP contribution in [-0.2, 0) is 4.79 Å². The summed E-state index contributed by atoms with van der Waals surface area (Å²) in [6, 6.07) is 0.409. The summed E-state index contributed by atoms with van der Waals surface area (Å²) in [5, 5.41) is 3.28. The standard InChI is InChI=1S/C18H29N5O/c1-22(2)17-16(12-19-13-20-17)23-10-8-14(9-11-23)18(24)21-15-6-4-3-5-7-15/h12-15H,3-11H2,1-2H3,(H,21,24). The molecule has 1 aromatic rings. The van der Waals surface area contributed by atoms with Crippen molar-refractivity contribution in [3.8, 4) is 0 Å². The molecule has 24 heavy (non-hydrogen) atoms. The number of amides is 1. The highest BCUT2D eigenvalue weighted by Crippen LogP contribution is 2.29. The van der Waals surface area contributed by atoms with Crippen LogP contribution in [-0.4, -0.2) is 49.1 Å². The van der Waals surface area contributed by atoms with Crippen LogP contribution in [0.1, 0.15) is 44.9 Å². The van der Waals surface area contributed by atoms with Crippen LogP contribution in [0.5, 0.6) is 0 Å². The Morgan fingerprint density at radius 2 is 1.88 bits per heavy atom. The van der Waals surface area contributed by atoms with E-state index in [1.807, 2.05) is 25.2 Å². The van der Waals surface area contributed by atoms with Gasteiger partial charge in [0.05, 0.1) is 11.9 Å². The molecule has 0 spiro atoms. The van der Waals surface area contributed by atoms with Crippen molar-refractivity contribution in [3.05, 3.63) is 12.5 Å². The van der Waals surface area contributed by atoms with E-state index in [1.165, 1.54) is 19.3 Å². The highest BCUT2D eigenvalue weighted by atomic mass is 16.1. The summed E-state index contributed by atoms with van der Waals surface area (Å²) in [5.41, 5.74) is 1.06. The molecule has 0 aromatic carbocycles. The molecule has 2 aliphatic rings. The molecule has 1 saturated heterocycles. The maximum Gasteiger partial charge on any atom is 0.223 e. The van der Waals surface area contributed by atoms with Crippen molar-refractivity contribution in [1.29, 1.82) is 0 Å². The Kier molecular flexibility index (Phi) is 5.53. The molecule has 1 aromatic heterocycles. The molecule has 1 amide bonds. The Morgan fingerprint density at radius 1 is 1.17 bits per heavy atom. The molecule has 132 valence electrons. The molecule has 1 aliphatic heterocycles. The lowest BCUT2D eigenvalue weighted by Gasteiger charge is -2.35. The summed E-state index contributed by atoms with van der Waals surface area (Å²) in [4.78, 5) is 25.4. The van der Waals surface area contributed by atoms with Crippen molar-refractivity contribution in [1.82, 2.24) is 15.3 Å². The van der Waals surface area contributed by atoms with Crippen LogP contribution in [0.4, 0.5) is 11.5 Å². The number of nitrogens with one attached hydrogen (secondary N) is 1. The number of nitrogens with zero attached hydrogens (tertiary/aromatic N) is 4. The number of carbonyl (C=O) groups is 1. The van der Waals surface area contributed by atoms with E-state index in [2.05, 4.69) is 20.2 Å². The Hall–Kier alpha value is -1.85. The Morgan fingerprint density at radius 3 is 2.54 bits per heavy atom. The van der Waals surface area contributed by atoms with E-state index in [1.54, 1.807) is 6.33 Å². The van der Waals surface area contributed by atoms with E-state index in [-0.39, 0.29) is 11.8 Å². The number of carbonyl (C=O) groups excluding carboxylic acids is 1. The van der Waals surface area contributed by atoms with Gasteiger partial charge in [-0.15, -0.1) is 0 Å². The van der Waals surface area contributed by atoms with E-state index >= 15 is 0 Å². The average Bonchev–Trinajstić information content (AvgIpc) is 2.62. The molecule has 0 radical (unpaired) electrons. The molecule has 0 unspecified atom stereocenters. The second-order valence-electron chi connectivity index (χ2n) is 7.23. The fourth-order valence-corrected chi connectivity index (χ4v) is 3.83. The van der Waals surface area contributed by atoms with Crippen LogP contribution in [0.15, 0.2) is 12.5 Å². The molecule has 1 N–H and O–H groups in total. The monoisotopic (exact) mass is 331 g/mol. The van der Waals surface area contributed by atoms with Crippen molar-refractivity contribution in [2.45, 2.75) is 51.0 Å². The molecule has 0 atom stereocenters. The maximum absolute atomic E-state index is 12.5. The van der Waals surface area contributed by atoms with Crippen LogP contribution < -0.4 is 15.1 Å². The summed E-state index contributed by atoms with van der Waals surface area (Å²) in [5.74, 6) is 1.35. The van der Waals surface area contributed by atoms with Crippen molar-refractivity contribution < 1.29 is 4.79 Å². The van der Waals surface area contributed by atoms with Gasteiger partial charge >= 0.3 is 0 Å². The summed E-state index contributed by atoms with van der Waals surface area (Å²) < 4.78 is 0. The van der Waals surface area contributed by atoms with Gasteiger partial charge in [0.15, 0.2) is 5.82 Å². The highest BCUT2D eigenvalue weighted by molar-refractivity contribution is 5.79. The molecule has 2 fully saturated rings. The van der Waals surface area contributed by atoms with Crippen molar-refractivity contribution in [3.63, 3.8) is 0 Å². The Balaban J connectivity index is 1.55. The predicted octanol–water partition coefficient (Wildman–Crippen LogP) is 2.21. The third-order valence-corrected chi connectivity index (χ3v) is 5.25. The van der Waals surface area contributed by atoms with E-state index in [4.69, 9.17) is 0 Å². The molecule has 1 saturated carbocycles. The summed E-state index contributed by atoms with van der Waals surface area (Å²) in [6.07, 6.45) is 11.4. The van der Waals surface area contributed by atoms with Gasteiger partial charge < -0.3 is 15.1 Å². The molecule has 0 bridgehead atoms. The van der Waals surface area contributed by atoms with Crippen LogP contribution in [0.3, 0.4) is 0 Å². The third-order valence-electron chi connectivity index (χ3n) is 5.25. The van der Waals surface area contributed by atoms with Crippen molar-refractivity contribution in [2.75, 3.05) is 37.0 Å².